The number of nitrogens with one attached hydrogen (secondary N) is 1. The Kier molecular flexibility index (Phi) is 5.84. The maximum atomic E-state index is 12.0. The molecule has 2 rings (SSSR count). The van der Waals surface area contributed by atoms with Crippen LogP contribution in [-0.2, 0) is 14.3 Å². The number of imide groups is 1. The SMILES string of the molecule is C[C@H](OC(=O)COc1ccc(Cl)cc1Br)C(=O)N1CCNC1=O. The van der Waals surface area contributed by atoms with Gasteiger partial charge in [0.05, 0.1) is 4.47 Å². The highest BCUT2D eigenvalue weighted by molar-refractivity contribution is 9.10. The van der Waals surface area contributed by atoms with E-state index in [9.17, 15) is 14.4 Å². The number of ether oxygens (including phenoxy) is 2. The highest BCUT2D eigenvalue weighted by Gasteiger charge is 2.31. The zero-order chi connectivity index (χ0) is 17.0. The first-order valence-corrected chi connectivity index (χ1v) is 7.92. The number of amides is 3. The quantitative estimate of drug-likeness (QED) is 0.757. The Balaban J connectivity index is 1.84. The molecule has 1 N–H and O–H groups in total. The predicted octanol–water partition coefficient (Wildman–Crippen LogP) is 1.96. The first-order valence-electron chi connectivity index (χ1n) is 6.75. The van der Waals surface area contributed by atoms with Crippen LogP contribution in [0.2, 0.25) is 5.02 Å². The summed E-state index contributed by atoms with van der Waals surface area (Å²) in [5.41, 5.74) is 0. The second-order valence-corrected chi connectivity index (χ2v) is 6.01. The molecule has 3 amide bonds. The van der Waals surface area contributed by atoms with E-state index < -0.39 is 24.0 Å². The van der Waals surface area contributed by atoms with Crippen LogP contribution >= 0.6 is 27.5 Å². The molecule has 1 fully saturated rings. The summed E-state index contributed by atoms with van der Waals surface area (Å²) < 4.78 is 10.9. The monoisotopic (exact) mass is 404 g/mol. The molecule has 0 spiro atoms. The average molecular weight is 406 g/mol. The molecule has 1 aromatic carbocycles. The lowest BCUT2D eigenvalue weighted by molar-refractivity contribution is -0.159. The van der Waals surface area contributed by atoms with Gasteiger partial charge < -0.3 is 14.8 Å². The zero-order valence-electron chi connectivity index (χ0n) is 12.2. The number of halogens is 2. The van der Waals surface area contributed by atoms with E-state index in [0.29, 0.717) is 21.8 Å². The number of rotatable bonds is 5. The Morgan fingerprint density at radius 3 is 2.83 bits per heavy atom. The molecule has 1 aliphatic rings. The van der Waals surface area contributed by atoms with Crippen LogP contribution in [0, 0.1) is 0 Å². The van der Waals surface area contributed by atoms with Crippen LogP contribution in [0.4, 0.5) is 4.79 Å². The maximum Gasteiger partial charge on any atom is 0.344 e. The third kappa shape index (κ3) is 4.59. The van der Waals surface area contributed by atoms with E-state index in [-0.39, 0.29) is 13.2 Å². The molecule has 0 bridgehead atoms. The molecule has 0 radical (unpaired) electrons. The molecular formula is C14H14BrClN2O5. The first kappa shape index (κ1) is 17.6. The minimum absolute atomic E-state index is 0.258. The van der Waals surface area contributed by atoms with E-state index in [1.165, 1.54) is 6.92 Å². The molecule has 0 aliphatic carbocycles. The molecule has 1 heterocycles. The van der Waals surface area contributed by atoms with E-state index in [0.717, 1.165) is 4.90 Å². The van der Waals surface area contributed by atoms with Gasteiger partial charge in [-0.3, -0.25) is 9.69 Å². The Hall–Kier alpha value is -1.80. The predicted molar refractivity (Wildman–Crippen MR) is 85.3 cm³/mol. The smallest absolute Gasteiger partial charge is 0.344 e. The summed E-state index contributed by atoms with van der Waals surface area (Å²) in [6, 6.07) is 4.35. The molecule has 1 aliphatic heterocycles. The number of esters is 1. The summed E-state index contributed by atoms with van der Waals surface area (Å²) in [4.78, 5) is 36.1. The van der Waals surface area contributed by atoms with E-state index in [4.69, 9.17) is 21.1 Å². The van der Waals surface area contributed by atoms with Gasteiger partial charge in [0.15, 0.2) is 12.7 Å². The van der Waals surface area contributed by atoms with Crippen molar-refractivity contribution in [3.8, 4) is 5.75 Å². The zero-order valence-corrected chi connectivity index (χ0v) is 14.5. The van der Waals surface area contributed by atoms with Crippen molar-refractivity contribution in [1.82, 2.24) is 10.2 Å². The number of benzene rings is 1. The molecule has 0 unspecified atom stereocenters. The summed E-state index contributed by atoms with van der Waals surface area (Å²) in [5.74, 6) is -0.863. The molecular weight excluding hydrogens is 392 g/mol. The Morgan fingerprint density at radius 2 is 2.22 bits per heavy atom. The van der Waals surface area contributed by atoms with Gasteiger partial charge in [0.2, 0.25) is 0 Å². The van der Waals surface area contributed by atoms with Crippen molar-refractivity contribution in [2.75, 3.05) is 19.7 Å². The van der Waals surface area contributed by atoms with Crippen molar-refractivity contribution < 1.29 is 23.9 Å². The van der Waals surface area contributed by atoms with E-state index >= 15 is 0 Å². The third-order valence-corrected chi connectivity index (χ3v) is 3.87. The summed E-state index contributed by atoms with van der Waals surface area (Å²) in [6.45, 7) is 1.68. The fraction of sp³-hybridized carbons (Fsp3) is 0.357. The fourth-order valence-corrected chi connectivity index (χ4v) is 2.71. The number of urea groups is 1. The van der Waals surface area contributed by atoms with E-state index in [2.05, 4.69) is 21.2 Å². The largest absolute Gasteiger partial charge is 0.481 e. The molecule has 124 valence electrons. The second-order valence-electron chi connectivity index (χ2n) is 4.72. The van der Waals surface area contributed by atoms with Gasteiger partial charge in [-0.05, 0) is 41.1 Å². The van der Waals surface area contributed by atoms with E-state index in [1.807, 2.05) is 0 Å². The molecule has 1 aromatic rings. The minimum atomic E-state index is -1.07. The molecule has 23 heavy (non-hydrogen) atoms. The second kappa shape index (κ2) is 7.65. The standard InChI is InChI=1S/C14H14BrClN2O5/c1-8(13(20)18-5-4-17-14(18)21)23-12(19)7-22-11-3-2-9(16)6-10(11)15/h2-3,6,8H,4-5,7H2,1H3,(H,17,21)/t8-/m0/s1. The van der Waals surface area contributed by atoms with Crippen molar-refractivity contribution in [2.24, 2.45) is 0 Å². The van der Waals surface area contributed by atoms with Gasteiger partial charge in [0, 0.05) is 18.1 Å². The van der Waals surface area contributed by atoms with Gasteiger partial charge in [-0.15, -0.1) is 0 Å². The molecule has 7 nitrogen and oxygen atoms in total. The van der Waals surface area contributed by atoms with Gasteiger partial charge >= 0.3 is 12.0 Å². The maximum absolute atomic E-state index is 12.0. The summed E-state index contributed by atoms with van der Waals surface area (Å²) >= 11 is 9.06. The topological polar surface area (TPSA) is 84.9 Å². The lowest BCUT2D eigenvalue weighted by Gasteiger charge is -2.18. The Morgan fingerprint density at radius 1 is 1.48 bits per heavy atom. The minimum Gasteiger partial charge on any atom is -0.481 e. The van der Waals surface area contributed by atoms with Crippen molar-refractivity contribution >= 4 is 45.4 Å². The van der Waals surface area contributed by atoms with Crippen molar-refractivity contribution in [2.45, 2.75) is 13.0 Å². The van der Waals surface area contributed by atoms with Crippen LogP contribution < -0.4 is 10.1 Å². The first-order chi connectivity index (χ1) is 10.9. The number of carbonyl (C=O) groups is 3. The molecule has 1 atom stereocenters. The average Bonchev–Trinajstić information content (AvgIpc) is 2.91. The Labute approximate surface area is 146 Å². The molecule has 9 heteroatoms. The summed E-state index contributed by atoms with van der Waals surface area (Å²) in [7, 11) is 0. The summed E-state index contributed by atoms with van der Waals surface area (Å²) in [5, 5.41) is 3.02. The van der Waals surface area contributed by atoms with Crippen LogP contribution in [0.15, 0.2) is 22.7 Å². The van der Waals surface area contributed by atoms with Crippen LogP contribution in [0.3, 0.4) is 0 Å². The molecule has 1 saturated heterocycles. The fourth-order valence-electron chi connectivity index (χ4n) is 1.91. The Bertz CT molecular complexity index is 640. The number of carbonyl (C=O) groups excluding carboxylic acids is 3. The van der Waals surface area contributed by atoms with Gasteiger partial charge in [0.25, 0.3) is 5.91 Å². The van der Waals surface area contributed by atoms with Gasteiger partial charge in [-0.2, -0.15) is 0 Å². The molecule has 0 aromatic heterocycles. The normalized spacial score (nSPS) is 15.1. The number of hydrogen-bond donors (Lipinski definition) is 1. The van der Waals surface area contributed by atoms with Gasteiger partial charge in [-0.25, -0.2) is 9.59 Å². The third-order valence-electron chi connectivity index (χ3n) is 3.02. The lowest BCUT2D eigenvalue weighted by atomic mass is 10.3. The van der Waals surface area contributed by atoms with Gasteiger partial charge in [-0.1, -0.05) is 11.6 Å². The van der Waals surface area contributed by atoms with Crippen molar-refractivity contribution in [3.63, 3.8) is 0 Å². The van der Waals surface area contributed by atoms with Crippen molar-refractivity contribution in [3.05, 3.63) is 27.7 Å². The number of hydrogen-bond acceptors (Lipinski definition) is 5. The highest BCUT2D eigenvalue weighted by atomic mass is 79.9. The van der Waals surface area contributed by atoms with Crippen LogP contribution in [0.5, 0.6) is 5.75 Å². The van der Waals surface area contributed by atoms with Gasteiger partial charge in [0.1, 0.15) is 5.75 Å². The lowest BCUT2D eigenvalue weighted by Crippen LogP contribution is -2.42. The van der Waals surface area contributed by atoms with Crippen LogP contribution in [-0.4, -0.2) is 48.6 Å². The van der Waals surface area contributed by atoms with Crippen LogP contribution in [0.25, 0.3) is 0 Å². The summed E-state index contributed by atoms with van der Waals surface area (Å²) in [6.07, 6.45) is -1.07. The van der Waals surface area contributed by atoms with Crippen LogP contribution in [0.1, 0.15) is 6.92 Å². The highest BCUT2D eigenvalue weighted by Crippen LogP contribution is 2.27. The number of nitrogens with zero attached hydrogens (tertiary/aromatic N) is 1. The van der Waals surface area contributed by atoms with Crippen molar-refractivity contribution in [1.29, 1.82) is 0 Å². The molecule has 0 saturated carbocycles. The van der Waals surface area contributed by atoms with E-state index in [1.54, 1.807) is 18.2 Å².